The van der Waals surface area contributed by atoms with Crippen LogP contribution in [-0.4, -0.2) is 41.1 Å². The van der Waals surface area contributed by atoms with Gasteiger partial charge in [-0.1, -0.05) is 37.3 Å². The number of rotatable bonds is 4. The molecule has 1 saturated heterocycles. The molecule has 3 atom stereocenters. The first-order valence-corrected chi connectivity index (χ1v) is 6.36. The van der Waals surface area contributed by atoms with Gasteiger partial charge in [-0.05, 0) is 12.0 Å². The molecule has 1 aromatic carbocycles. The van der Waals surface area contributed by atoms with E-state index in [0.717, 1.165) is 12.1 Å². The highest BCUT2D eigenvalue weighted by Crippen LogP contribution is 2.25. The normalized spacial score (nSPS) is 23.8. The Hall–Kier alpha value is -1.39. The smallest absolute Gasteiger partial charge is 0.235 e. The molecule has 1 aliphatic rings. The minimum Gasteiger partial charge on any atom is -0.392 e. The van der Waals surface area contributed by atoms with Crippen molar-refractivity contribution in [3.63, 3.8) is 0 Å². The van der Waals surface area contributed by atoms with Gasteiger partial charge in [0.1, 0.15) is 0 Å². The minimum atomic E-state index is -0.343. The third-order valence-electron chi connectivity index (χ3n) is 3.68. The first-order valence-electron chi connectivity index (χ1n) is 6.36. The third-order valence-corrected chi connectivity index (χ3v) is 3.68. The Kier molecular flexibility index (Phi) is 3.99. The number of amides is 1. The Morgan fingerprint density at radius 1 is 1.44 bits per heavy atom. The number of aliphatic hydroxyl groups excluding tert-OH is 1. The van der Waals surface area contributed by atoms with Gasteiger partial charge in [-0.15, -0.1) is 0 Å². The molecule has 0 spiro atoms. The molecule has 4 heteroatoms. The first-order chi connectivity index (χ1) is 8.59. The van der Waals surface area contributed by atoms with E-state index in [0.29, 0.717) is 13.0 Å². The van der Waals surface area contributed by atoms with Crippen LogP contribution in [0, 0.1) is 0 Å². The molecule has 3 N–H and O–H groups in total. The Morgan fingerprint density at radius 2 is 2.11 bits per heavy atom. The highest BCUT2D eigenvalue weighted by atomic mass is 16.3. The quantitative estimate of drug-likeness (QED) is 0.824. The highest BCUT2D eigenvalue weighted by molar-refractivity contribution is 5.81. The van der Waals surface area contributed by atoms with Gasteiger partial charge in [-0.2, -0.15) is 0 Å². The summed E-state index contributed by atoms with van der Waals surface area (Å²) in [5, 5.41) is 9.59. The molecule has 1 unspecified atom stereocenters. The van der Waals surface area contributed by atoms with E-state index in [4.69, 9.17) is 5.73 Å². The van der Waals surface area contributed by atoms with Gasteiger partial charge >= 0.3 is 0 Å². The van der Waals surface area contributed by atoms with Crippen molar-refractivity contribution in [2.24, 2.45) is 5.73 Å². The van der Waals surface area contributed by atoms with E-state index in [1.165, 1.54) is 0 Å². The molecule has 98 valence electrons. The van der Waals surface area contributed by atoms with Crippen LogP contribution in [0.2, 0.25) is 0 Å². The summed E-state index contributed by atoms with van der Waals surface area (Å²) in [6, 6.07) is 9.55. The number of carbonyl (C=O) groups is 1. The predicted molar refractivity (Wildman–Crippen MR) is 70.0 cm³/mol. The van der Waals surface area contributed by atoms with E-state index in [-0.39, 0.29) is 24.0 Å². The number of hydrogen-bond donors (Lipinski definition) is 2. The number of β-amino-alcohol motifs (C(OH)–C–C–N with tert-alkyl or cyclic N) is 1. The summed E-state index contributed by atoms with van der Waals surface area (Å²) in [5.74, 6) is -0.283. The lowest BCUT2D eigenvalue weighted by atomic mass is 9.92. The summed E-state index contributed by atoms with van der Waals surface area (Å²) >= 11 is 0. The molecule has 0 aromatic heterocycles. The van der Waals surface area contributed by atoms with Crippen LogP contribution < -0.4 is 5.73 Å². The number of nitrogens with zero attached hydrogens (tertiary/aromatic N) is 1. The number of carbonyl (C=O) groups excluding carboxylic acids is 1. The molecule has 2 rings (SSSR count). The Balaban J connectivity index is 2.18. The second kappa shape index (κ2) is 5.50. The topological polar surface area (TPSA) is 66.6 Å². The fraction of sp³-hybridized carbons (Fsp3) is 0.500. The number of likely N-dealkylation sites (tertiary alicyclic amines) is 1. The summed E-state index contributed by atoms with van der Waals surface area (Å²) in [5.41, 5.74) is 6.64. The fourth-order valence-corrected chi connectivity index (χ4v) is 2.70. The molecule has 1 heterocycles. The van der Waals surface area contributed by atoms with Crippen LogP contribution in [0.4, 0.5) is 0 Å². The summed E-state index contributed by atoms with van der Waals surface area (Å²) in [4.78, 5) is 13.7. The van der Waals surface area contributed by atoms with Gasteiger partial charge in [-0.3, -0.25) is 9.69 Å². The van der Waals surface area contributed by atoms with Crippen molar-refractivity contribution in [2.75, 3.05) is 13.1 Å². The maximum atomic E-state index is 11.7. The Bertz CT molecular complexity index is 408. The van der Waals surface area contributed by atoms with Crippen LogP contribution in [0.1, 0.15) is 24.8 Å². The average molecular weight is 248 g/mol. The molecular weight excluding hydrogens is 228 g/mol. The van der Waals surface area contributed by atoms with E-state index >= 15 is 0 Å². The number of hydrogen-bond acceptors (Lipinski definition) is 3. The van der Waals surface area contributed by atoms with Crippen molar-refractivity contribution in [2.45, 2.75) is 31.4 Å². The predicted octanol–water partition coefficient (Wildman–Crippen LogP) is 0.711. The van der Waals surface area contributed by atoms with Crippen LogP contribution in [0.25, 0.3) is 0 Å². The molecule has 18 heavy (non-hydrogen) atoms. The van der Waals surface area contributed by atoms with Gasteiger partial charge in [0.25, 0.3) is 0 Å². The zero-order valence-corrected chi connectivity index (χ0v) is 10.6. The van der Waals surface area contributed by atoms with E-state index in [2.05, 4.69) is 0 Å². The Morgan fingerprint density at radius 3 is 2.61 bits per heavy atom. The second-order valence-corrected chi connectivity index (χ2v) is 4.98. The number of primary amides is 1. The molecule has 1 aliphatic heterocycles. The summed E-state index contributed by atoms with van der Waals surface area (Å²) in [6.07, 6.45) is 0.375. The van der Waals surface area contributed by atoms with Crippen molar-refractivity contribution >= 4 is 5.91 Å². The lowest BCUT2D eigenvalue weighted by Crippen LogP contribution is -2.47. The molecule has 0 bridgehead atoms. The maximum Gasteiger partial charge on any atom is 0.235 e. The average Bonchev–Trinajstić information content (AvgIpc) is 2.76. The molecule has 1 aromatic rings. The van der Waals surface area contributed by atoms with Crippen LogP contribution >= 0.6 is 0 Å². The lowest BCUT2D eigenvalue weighted by molar-refractivity contribution is -0.123. The van der Waals surface area contributed by atoms with Gasteiger partial charge in [-0.25, -0.2) is 0 Å². The van der Waals surface area contributed by atoms with Crippen molar-refractivity contribution in [3.8, 4) is 0 Å². The zero-order valence-electron chi connectivity index (χ0n) is 10.6. The SMILES string of the molecule is C[C@@H](c1ccccc1)C(C(N)=O)N1CC[C@H](O)C1. The maximum absolute atomic E-state index is 11.7. The minimum absolute atomic E-state index is 0.0361. The monoisotopic (exact) mass is 248 g/mol. The number of aliphatic hydroxyl groups is 1. The molecule has 0 saturated carbocycles. The van der Waals surface area contributed by atoms with Crippen LogP contribution in [-0.2, 0) is 4.79 Å². The molecule has 0 aliphatic carbocycles. The second-order valence-electron chi connectivity index (χ2n) is 4.98. The van der Waals surface area contributed by atoms with Crippen LogP contribution in [0.3, 0.4) is 0 Å². The van der Waals surface area contributed by atoms with Crippen LogP contribution in [0.15, 0.2) is 30.3 Å². The van der Waals surface area contributed by atoms with Crippen molar-refractivity contribution < 1.29 is 9.90 Å². The molecule has 0 radical (unpaired) electrons. The summed E-state index contributed by atoms with van der Waals surface area (Å²) < 4.78 is 0. The molecule has 1 amide bonds. The van der Waals surface area contributed by atoms with Gasteiger partial charge in [0.05, 0.1) is 12.1 Å². The fourth-order valence-electron chi connectivity index (χ4n) is 2.70. The van der Waals surface area contributed by atoms with Gasteiger partial charge < -0.3 is 10.8 Å². The molecular formula is C14H20N2O2. The van der Waals surface area contributed by atoms with Gasteiger partial charge in [0, 0.05) is 19.0 Å². The third kappa shape index (κ3) is 2.71. The largest absolute Gasteiger partial charge is 0.392 e. The van der Waals surface area contributed by atoms with Crippen LogP contribution in [0.5, 0.6) is 0 Å². The summed E-state index contributed by atoms with van der Waals surface area (Å²) in [6.45, 7) is 3.27. The van der Waals surface area contributed by atoms with E-state index in [1.54, 1.807) is 0 Å². The molecule has 4 nitrogen and oxygen atoms in total. The van der Waals surface area contributed by atoms with Crippen molar-refractivity contribution in [1.29, 1.82) is 0 Å². The standard InChI is InChI=1S/C14H20N2O2/c1-10(11-5-3-2-4-6-11)13(14(15)18)16-8-7-12(17)9-16/h2-6,10,12-13,17H,7-9H2,1H3,(H2,15,18)/t10-,12-,13?/m0/s1. The van der Waals surface area contributed by atoms with E-state index in [1.807, 2.05) is 42.2 Å². The molecule has 1 fully saturated rings. The zero-order chi connectivity index (χ0) is 13.1. The first kappa shape index (κ1) is 13.1. The van der Waals surface area contributed by atoms with Crippen molar-refractivity contribution in [3.05, 3.63) is 35.9 Å². The van der Waals surface area contributed by atoms with Gasteiger partial charge in [0.15, 0.2) is 0 Å². The van der Waals surface area contributed by atoms with E-state index in [9.17, 15) is 9.90 Å². The van der Waals surface area contributed by atoms with Gasteiger partial charge in [0.2, 0.25) is 5.91 Å². The highest BCUT2D eigenvalue weighted by Gasteiger charge is 2.34. The van der Waals surface area contributed by atoms with E-state index < -0.39 is 0 Å². The summed E-state index contributed by atoms with van der Waals surface area (Å²) in [7, 11) is 0. The lowest BCUT2D eigenvalue weighted by Gasteiger charge is -2.30. The Labute approximate surface area is 107 Å². The number of nitrogens with two attached hydrogens (primary N) is 1. The number of benzene rings is 1. The van der Waals surface area contributed by atoms with Crippen molar-refractivity contribution in [1.82, 2.24) is 4.90 Å².